The van der Waals surface area contributed by atoms with Crippen LogP contribution in [-0.4, -0.2) is 42.6 Å². The molecule has 6 heteroatoms. The maximum atomic E-state index is 12.6. The van der Waals surface area contributed by atoms with Crippen LogP contribution in [0.15, 0.2) is 0 Å². The van der Waals surface area contributed by atoms with E-state index in [1.54, 1.807) is 0 Å². The van der Waals surface area contributed by atoms with Crippen molar-refractivity contribution in [1.29, 1.82) is 0 Å². The van der Waals surface area contributed by atoms with Crippen molar-refractivity contribution in [3.63, 3.8) is 0 Å². The highest BCUT2D eigenvalue weighted by molar-refractivity contribution is 7.47. The fourth-order valence-electron chi connectivity index (χ4n) is 4.54. The van der Waals surface area contributed by atoms with E-state index in [4.69, 9.17) is 9.05 Å². The van der Waals surface area contributed by atoms with Gasteiger partial charge in [0.15, 0.2) is 0 Å². The van der Waals surface area contributed by atoms with Crippen LogP contribution < -0.4 is 0 Å². The molecule has 0 saturated heterocycles. The maximum absolute atomic E-state index is 12.6. The van der Waals surface area contributed by atoms with E-state index in [0.717, 1.165) is 32.2 Å². The van der Waals surface area contributed by atoms with Crippen LogP contribution in [0.5, 0.6) is 0 Å². The van der Waals surface area contributed by atoms with Crippen molar-refractivity contribution in [2.45, 2.75) is 162 Å². The average Bonchev–Trinajstić information content (AvgIpc) is 2.82. The summed E-state index contributed by atoms with van der Waals surface area (Å²) >= 11 is 0. The Morgan fingerprint density at radius 3 is 1.49 bits per heavy atom. The first kappa shape index (κ1) is 35.1. The lowest BCUT2D eigenvalue weighted by Gasteiger charge is -2.22. The van der Waals surface area contributed by atoms with Gasteiger partial charge < -0.3 is 9.79 Å². The smallest absolute Gasteiger partial charge is 0.304 e. The molecule has 0 aliphatic rings. The molecule has 35 heavy (non-hydrogen) atoms. The fourth-order valence-corrected chi connectivity index (χ4v) is 5.50. The molecule has 0 fully saturated rings. The standard InChI is InChI=1S/C29H62NO4P/c1-5-8-11-14-17-20-23-26-30(4)27-28-33-35(31,32)34-29(24-21-18-15-12-9-6-2)25-22-19-16-13-10-7-3/h29H,5-28H2,1-4H3,(H,31,32). The monoisotopic (exact) mass is 519 g/mol. The molecule has 0 bridgehead atoms. The molecule has 1 unspecified atom stereocenters. The highest BCUT2D eigenvalue weighted by atomic mass is 31.2. The van der Waals surface area contributed by atoms with Crippen LogP contribution in [0.25, 0.3) is 0 Å². The predicted molar refractivity (Wildman–Crippen MR) is 152 cm³/mol. The van der Waals surface area contributed by atoms with Gasteiger partial charge in [0.2, 0.25) is 0 Å². The van der Waals surface area contributed by atoms with Crippen LogP contribution in [0.1, 0.15) is 156 Å². The number of hydrogen-bond donors (Lipinski definition) is 1. The Hall–Kier alpha value is 0.0700. The molecule has 0 aromatic carbocycles. The molecule has 1 N–H and O–H groups in total. The van der Waals surface area contributed by atoms with E-state index in [0.29, 0.717) is 6.54 Å². The molecular weight excluding hydrogens is 457 g/mol. The van der Waals surface area contributed by atoms with Crippen molar-refractivity contribution < 1.29 is 18.5 Å². The first-order valence-corrected chi connectivity index (χ1v) is 16.8. The lowest BCUT2D eigenvalue weighted by molar-refractivity contribution is 0.0859. The summed E-state index contributed by atoms with van der Waals surface area (Å²) in [6.07, 6.45) is 25.2. The van der Waals surface area contributed by atoms with E-state index >= 15 is 0 Å². The molecule has 212 valence electrons. The van der Waals surface area contributed by atoms with Crippen LogP contribution in [0, 0.1) is 0 Å². The van der Waals surface area contributed by atoms with Crippen LogP contribution in [0.2, 0.25) is 0 Å². The molecule has 0 amide bonds. The minimum Gasteiger partial charge on any atom is -0.304 e. The highest BCUT2D eigenvalue weighted by Gasteiger charge is 2.26. The third-order valence-corrected chi connectivity index (χ3v) is 7.99. The van der Waals surface area contributed by atoms with Crippen molar-refractivity contribution in [3.8, 4) is 0 Å². The Morgan fingerprint density at radius 1 is 0.629 bits per heavy atom. The van der Waals surface area contributed by atoms with Crippen LogP contribution in [0.4, 0.5) is 0 Å². The van der Waals surface area contributed by atoms with Gasteiger partial charge in [0.1, 0.15) is 0 Å². The van der Waals surface area contributed by atoms with Gasteiger partial charge in [-0.3, -0.25) is 9.05 Å². The van der Waals surface area contributed by atoms with E-state index in [1.807, 2.05) is 0 Å². The Labute approximate surface area is 219 Å². The minimum atomic E-state index is -4.01. The molecule has 0 saturated carbocycles. The number of unbranched alkanes of at least 4 members (excludes halogenated alkanes) is 16. The Kier molecular flexibility index (Phi) is 25.8. The second kappa shape index (κ2) is 25.7. The van der Waals surface area contributed by atoms with E-state index in [1.165, 1.54) is 109 Å². The van der Waals surface area contributed by atoms with Crippen molar-refractivity contribution in [1.82, 2.24) is 4.90 Å². The molecule has 0 aliphatic heterocycles. The lowest BCUT2D eigenvalue weighted by atomic mass is 10.0. The normalized spacial score (nSPS) is 13.7. The fraction of sp³-hybridized carbons (Fsp3) is 1.00. The molecule has 0 aromatic heterocycles. The van der Waals surface area contributed by atoms with Gasteiger partial charge >= 0.3 is 7.82 Å². The third-order valence-electron chi connectivity index (χ3n) is 6.91. The van der Waals surface area contributed by atoms with E-state index in [9.17, 15) is 9.46 Å². The summed E-state index contributed by atoms with van der Waals surface area (Å²) in [5.41, 5.74) is 0. The van der Waals surface area contributed by atoms with Crippen LogP contribution in [-0.2, 0) is 13.6 Å². The molecule has 0 spiro atoms. The van der Waals surface area contributed by atoms with E-state index in [-0.39, 0.29) is 12.7 Å². The van der Waals surface area contributed by atoms with E-state index < -0.39 is 7.82 Å². The topological polar surface area (TPSA) is 59.0 Å². The minimum absolute atomic E-state index is 0.173. The summed E-state index contributed by atoms with van der Waals surface area (Å²) in [5.74, 6) is 0. The Bertz CT molecular complexity index is 462. The second-order valence-corrected chi connectivity index (χ2v) is 12.0. The molecule has 0 heterocycles. The van der Waals surface area contributed by atoms with Crippen LogP contribution >= 0.6 is 7.82 Å². The molecular formula is C29H62NO4P. The Morgan fingerprint density at radius 2 is 1.03 bits per heavy atom. The molecule has 0 aromatic rings. The molecule has 0 rings (SSSR count). The van der Waals surface area contributed by atoms with Gasteiger partial charge in [-0.25, -0.2) is 4.57 Å². The van der Waals surface area contributed by atoms with Gasteiger partial charge in [-0.15, -0.1) is 0 Å². The van der Waals surface area contributed by atoms with Crippen molar-refractivity contribution >= 4 is 7.82 Å². The average molecular weight is 520 g/mol. The molecule has 5 nitrogen and oxygen atoms in total. The SMILES string of the molecule is CCCCCCCCCN(C)CCOP(=O)(O)OC(CCCCCCCC)CCCCCCCC. The summed E-state index contributed by atoms with van der Waals surface area (Å²) in [4.78, 5) is 12.5. The molecule has 0 radical (unpaired) electrons. The summed E-state index contributed by atoms with van der Waals surface area (Å²) in [6.45, 7) is 8.61. The summed E-state index contributed by atoms with van der Waals surface area (Å²) < 4.78 is 23.7. The zero-order valence-corrected chi connectivity index (χ0v) is 25.0. The van der Waals surface area contributed by atoms with E-state index in [2.05, 4.69) is 32.7 Å². The lowest BCUT2D eigenvalue weighted by Crippen LogP contribution is -2.24. The first-order valence-electron chi connectivity index (χ1n) is 15.3. The maximum Gasteiger partial charge on any atom is 0.472 e. The predicted octanol–water partition coefficient (Wildman–Crippen LogP) is 9.67. The van der Waals surface area contributed by atoms with Gasteiger partial charge in [0, 0.05) is 6.54 Å². The largest absolute Gasteiger partial charge is 0.472 e. The van der Waals surface area contributed by atoms with Gasteiger partial charge in [0.05, 0.1) is 12.7 Å². The highest BCUT2D eigenvalue weighted by Crippen LogP contribution is 2.46. The third kappa shape index (κ3) is 25.5. The number of phosphoric acid groups is 1. The number of likely N-dealkylation sites (N-methyl/N-ethyl adjacent to an activating group) is 1. The summed E-state index contributed by atoms with van der Waals surface area (Å²) in [6, 6.07) is 0. The molecule has 0 aliphatic carbocycles. The Balaban J connectivity index is 4.22. The van der Waals surface area contributed by atoms with Gasteiger partial charge in [-0.2, -0.15) is 0 Å². The van der Waals surface area contributed by atoms with Gasteiger partial charge in [-0.05, 0) is 32.9 Å². The number of rotatable bonds is 28. The zero-order chi connectivity index (χ0) is 26.0. The summed E-state index contributed by atoms with van der Waals surface area (Å²) in [5, 5.41) is 0. The quantitative estimate of drug-likeness (QED) is 0.0823. The second-order valence-electron chi connectivity index (χ2n) is 10.6. The molecule has 1 atom stereocenters. The first-order chi connectivity index (χ1) is 16.9. The number of hydrogen-bond acceptors (Lipinski definition) is 4. The van der Waals surface area contributed by atoms with Crippen molar-refractivity contribution in [2.24, 2.45) is 0 Å². The number of nitrogens with zero attached hydrogens (tertiary/aromatic N) is 1. The van der Waals surface area contributed by atoms with Gasteiger partial charge in [-0.1, -0.05) is 136 Å². The van der Waals surface area contributed by atoms with Gasteiger partial charge in [0.25, 0.3) is 0 Å². The van der Waals surface area contributed by atoms with Crippen LogP contribution in [0.3, 0.4) is 0 Å². The van der Waals surface area contributed by atoms with Crippen molar-refractivity contribution in [2.75, 3.05) is 26.7 Å². The van der Waals surface area contributed by atoms with Crippen molar-refractivity contribution in [3.05, 3.63) is 0 Å². The summed E-state index contributed by atoms with van der Waals surface area (Å²) in [7, 11) is -1.95. The number of phosphoric ester groups is 1. The zero-order valence-electron chi connectivity index (χ0n) is 24.1.